The molecule has 0 N–H and O–H groups in total. The molecule has 6 nitrogen and oxygen atoms in total. The highest BCUT2D eigenvalue weighted by Gasteiger charge is 2.39. The van der Waals surface area contributed by atoms with Crippen molar-refractivity contribution in [3.05, 3.63) is 93.0 Å². The first-order chi connectivity index (χ1) is 15.9. The van der Waals surface area contributed by atoms with Gasteiger partial charge in [-0.3, -0.25) is 29.0 Å². The summed E-state index contributed by atoms with van der Waals surface area (Å²) in [5.41, 5.74) is 1.15. The Labute approximate surface area is 196 Å². The maximum atomic E-state index is 13.3. The van der Waals surface area contributed by atoms with Crippen molar-refractivity contribution >= 4 is 68.4 Å². The third kappa shape index (κ3) is 2.62. The number of hydrogen-bond acceptors (Lipinski definition) is 4. The van der Waals surface area contributed by atoms with Gasteiger partial charge in [-0.25, -0.2) is 0 Å². The summed E-state index contributed by atoms with van der Waals surface area (Å²) in [6, 6.07) is 16.3. The molecule has 0 aliphatic carbocycles. The molecule has 0 spiro atoms. The quantitative estimate of drug-likeness (QED) is 0.376. The zero-order valence-corrected chi connectivity index (χ0v) is 18.3. The summed E-state index contributed by atoms with van der Waals surface area (Å²) in [5.74, 6) is -2.38. The van der Waals surface area contributed by atoms with E-state index in [1.54, 1.807) is 60.7 Å². The lowest BCUT2D eigenvalue weighted by atomic mass is 9.93. The lowest BCUT2D eigenvalue weighted by Crippen LogP contribution is -2.51. The smallest absolute Gasteiger partial charge is 0.262 e. The van der Waals surface area contributed by atoms with Crippen molar-refractivity contribution in [2.75, 3.05) is 6.67 Å². The zero-order chi connectivity index (χ0) is 23.0. The molecule has 0 aromatic heterocycles. The molecule has 0 bridgehead atoms. The molecule has 0 saturated heterocycles. The number of nitrogens with zero attached hydrogens (tertiary/aromatic N) is 2. The van der Waals surface area contributed by atoms with Gasteiger partial charge in [-0.1, -0.05) is 47.5 Å². The topological polar surface area (TPSA) is 74.8 Å². The van der Waals surface area contributed by atoms with Crippen LogP contribution >= 0.6 is 23.2 Å². The van der Waals surface area contributed by atoms with Crippen molar-refractivity contribution in [1.82, 2.24) is 9.80 Å². The standard InChI is InChI=1S/C25H12Cl2N2O4/c26-18-9-7-16-20-12(18)3-1-5-14(20)22(30)28(24(16)32)11-29-23(31)15-6-2-4-13-19(27)10-8-17(21(13)15)25(29)33/h1-10H,11H2. The van der Waals surface area contributed by atoms with Gasteiger partial charge in [0.2, 0.25) is 0 Å². The van der Waals surface area contributed by atoms with E-state index in [0.717, 1.165) is 9.80 Å². The van der Waals surface area contributed by atoms with E-state index in [1.165, 1.54) is 0 Å². The minimum absolute atomic E-state index is 0.288. The molecule has 0 atom stereocenters. The number of rotatable bonds is 2. The molecule has 6 rings (SSSR count). The summed E-state index contributed by atoms with van der Waals surface area (Å²) >= 11 is 12.5. The van der Waals surface area contributed by atoms with Crippen molar-refractivity contribution in [2.24, 2.45) is 0 Å². The van der Waals surface area contributed by atoms with Crippen LogP contribution < -0.4 is 0 Å². The molecule has 8 heteroatoms. The van der Waals surface area contributed by atoms with Gasteiger partial charge >= 0.3 is 0 Å². The lowest BCUT2D eigenvalue weighted by Gasteiger charge is -2.33. The van der Waals surface area contributed by atoms with E-state index in [4.69, 9.17) is 23.2 Å². The van der Waals surface area contributed by atoms with Crippen LogP contribution in [0.3, 0.4) is 0 Å². The van der Waals surface area contributed by atoms with E-state index >= 15 is 0 Å². The van der Waals surface area contributed by atoms with Crippen molar-refractivity contribution in [1.29, 1.82) is 0 Å². The van der Waals surface area contributed by atoms with E-state index in [0.29, 0.717) is 31.6 Å². The number of hydrogen-bond donors (Lipinski definition) is 0. The van der Waals surface area contributed by atoms with Gasteiger partial charge in [-0.2, -0.15) is 0 Å². The van der Waals surface area contributed by atoms with Gasteiger partial charge in [0.15, 0.2) is 0 Å². The van der Waals surface area contributed by atoms with Gasteiger partial charge in [0.05, 0.1) is 0 Å². The molecule has 4 amide bonds. The molecular weight excluding hydrogens is 463 g/mol. The van der Waals surface area contributed by atoms with Crippen LogP contribution in [0, 0.1) is 0 Å². The first-order valence-electron chi connectivity index (χ1n) is 10.0. The second-order valence-corrected chi connectivity index (χ2v) is 8.68. The first kappa shape index (κ1) is 19.9. The predicted molar refractivity (Wildman–Crippen MR) is 124 cm³/mol. The van der Waals surface area contributed by atoms with Gasteiger partial charge in [0, 0.05) is 53.8 Å². The highest BCUT2D eigenvalue weighted by molar-refractivity contribution is 6.39. The molecule has 4 aromatic rings. The molecule has 2 aliphatic rings. The number of imide groups is 2. The molecule has 2 heterocycles. The number of benzene rings is 4. The van der Waals surface area contributed by atoms with Crippen LogP contribution in [-0.2, 0) is 0 Å². The summed E-state index contributed by atoms with van der Waals surface area (Å²) in [4.78, 5) is 55.0. The van der Waals surface area contributed by atoms with Crippen LogP contribution in [-0.4, -0.2) is 40.1 Å². The number of carbonyl (C=O) groups is 4. The second-order valence-electron chi connectivity index (χ2n) is 7.86. The van der Waals surface area contributed by atoms with E-state index < -0.39 is 30.3 Å². The predicted octanol–water partition coefficient (Wildman–Crippen LogP) is 5.15. The zero-order valence-electron chi connectivity index (χ0n) is 16.8. The van der Waals surface area contributed by atoms with E-state index in [-0.39, 0.29) is 22.3 Å². The maximum absolute atomic E-state index is 13.3. The Morgan fingerprint density at radius 1 is 0.515 bits per heavy atom. The molecule has 0 fully saturated rings. The van der Waals surface area contributed by atoms with Crippen LogP contribution in [0.15, 0.2) is 60.7 Å². The molecule has 160 valence electrons. The highest BCUT2D eigenvalue weighted by Crippen LogP contribution is 2.36. The van der Waals surface area contributed by atoms with Crippen molar-refractivity contribution in [2.45, 2.75) is 0 Å². The summed E-state index contributed by atoms with van der Waals surface area (Å²) in [6.07, 6.45) is 0. The summed E-state index contributed by atoms with van der Waals surface area (Å²) in [5, 5.41) is 2.98. The average molecular weight is 475 g/mol. The number of carbonyl (C=O) groups excluding carboxylic acids is 4. The average Bonchev–Trinajstić information content (AvgIpc) is 2.82. The van der Waals surface area contributed by atoms with Crippen LogP contribution in [0.25, 0.3) is 21.5 Å². The molecule has 33 heavy (non-hydrogen) atoms. The minimum Gasteiger partial charge on any atom is -0.269 e. The van der Waals surface area contributed by atoms with Crippen LogP contribution in [0.5, 0.6) is 0 Å². The van der Waals surface area contributed by atoms with Gasteiger partial charge in [0.25, 0.3) is 23.6 Å². The monoisotopic (exact) mass is 474 g/mol. The fourth-order valence-electron chi connectivity index (χ4n) is 4.62. The molecule has 0 unspecified atom stereocenters. The van der Waals surface area contributed by atoms with Gasteiger partial charge < -0.3 is 0 Å². The summed E-state index contributed by atoms with van der Waals surface area (Å²) < 4.78 is 0. The van der Waals surface area contributed by atoms with E-state index in [1.807, 2.05) is 0 Å². The molecule has 2 aliphatic heterocycles. The largest absolute Gasteiger partial charge is 0.269 e. The molecule has 0 saturated carbocycles. The van der Waals surface area contributed by atoms with Crippen LogP contribution in [0.1, 0.15) is 41.4 Å². The Kier molecular flexibility index (Phi) is 4.15. The van der Waals surface area contributed by atoms with Gasteiger partial charge in [0.1, 0.15) is 6.67 Å². The normalized spacial score (nSPS) is 15.2. The maximum Gasteiger partial charge on any atom is 0.262 e. The Bertz CT molecular complexity index is 1450. The van der Waals surface area contributed by atoms with Crippen LogP contribution in [0.2, 0.25) is 10.0 Å². The Hall–Kier alpha value is -3.74. The third-order valence-electron chi connectivity index (χ3n) is 6.16. The molecule has 0 radical (unpaired) electrons. The summed E-state index contributed by atoms with van der Waals surface area (Å²) in [7, 11) is 0. The van der Waals surface area contributed by atoms with Gasteiger partial charge in [-0.05, 0) is 36.4 Å². The summed E-state index contributed by atoms with van der Waals surface area (Å²) in [6.45, 7) is -0.508. The van der Waals surface area contributed by atoms with Gasteiger partial charge in [-0.15, -0.1) is 0 Å². The first-order valence-corrected chi connectivity index (χ1v) is 10.8. The second kappa shape index (κ2) is 6.88. The Morgan fingerprint density at radius 3 is 1.27 bits per heavy atom. The van der Waals surface area contributed by atoms with E-state index in [9.17, 15) is 19.2 Å². The number of amides is 4. The molecular formula is C25H12Cl2N2O4. The fraction of sp³-hybridized carbons (Fsp3) is 0.0400. The minimum atomic E-state index is -0.596. The van der Waals surface area contributed by atoms with Crippen molar-refractivity contribution in [3.63, 3.8) is 0 Å². The van der Waals surface area contributed by atoms with E-state index in [2.05, 4.69) is 0 Å². The highest BCUT2D eigenvalue weighted by atomic mass is 35.5. The van der Waals surface area contributed by atoms with Crippen molar-refractivity contribution in [3.8, 4) is 0 Å². The molecule has 4 aromatic carbocycles. The SMILES string of the molecule is O=C1c2cccc3c(Cl)ccc(c23)C(=O)N1CN1C(=O)c2cccc3c(Cl)ccc(c23)C1=O. The fourth-order valence-corrected chi connectivity index (χ4v) is 5.06. The van der Waals surface area contributed by atoms with Crippen LogP contribution in [0.4, 0.5) is 0 Å². The third-order valence-corrected chi connectivity index (χ3v) is 6.82. The Morgan fingerprint density at radius 2 is 0.879 bits per heavy atom. The lowest BCUT2D eigenvalue weighted by molar-refractivity contribution is 0.0421. The van der Waals surface area contributed by atoms with Crippen molar-refractivity contribution < 1.29 is 19.2 Å². The Balaban J connectivity index is 1.45. The number of halogens is 2.